The smallest absolute Gasteiger partial charge is 0.143 e. The first kappa shape index (κ1) is 15.0. The third kappa shape index (κ3) is 2.73. The van der Waals surface area contributed by atoms with E-state index in [1.807, 2.05) is 11.0 Å². The number of hydrogen-bond donors (Lipinski definition) is 1. The molecule has 1 fully saturated rings. The van der Waals surface area contributed by atoms with E-state index in [4.69, 9.17) is 10.5 Å². The number of anilines is 1. The van der Waals surface area contributed by atoms with Gasteiger partial charge in [-0.3, -0.25) is 0 Å². The maximum atomic E-state index is 13.8. The second-order valence-electron chi connectivity index (χ2n) is 5.52. The summed E-state index contributed by atoms with van der Waals surface area (Å²) in [5, 5.41) is 28.4. The van der Waals surface area contributed by atoms with Gasteiger partial charge in [0.25, 0.3) is 0 Å². The van der Waals surface area contributed by atoms with E-state index in [-0.39, 0.29) is 5.56 Å². The van der Waals surface area contributed by atoms with Crippen molar-refractivity contribution in [3.63, 3.8) is 0 Å². The minimum Gasteiger partial charge on any atom is -0.383 e. The monoisotopic (exact) mass is 308 g/mol. The molecule has 5 nitrogen and oxygen atoms in total. The van der Waals surface area contributed by atoms with Gasteiger partial charge in [-0.2, -0.15) is 10.5 Å². The molecular formula is C17H13FN4O. The second kappa shape index (κ2) is 5.68. The van der Waals surface area contributed by atoms with Gasteiger partial charge in [0.2, 0.25) is 0 Å². The maximum absolute atomic E-state index is 13.8. The Morgan fingerprint density at radius 3 is 2.65 bits per heavy atom. The summed E-state index contributed by atoms with van der Waals surface area (Å²) < 4.78 is 13.8. The van der Waals surface area contributed by atoms with E-state index in [0.717, 1.165) is 0 Å². The molecule has 0 aliphatic carbocycles. The highest BCUT2D eigenvalue weighted by Crippen LogP contribution is 2.34. The lowest BCUT2D eigenvalue weighted by atomic mass is 9.94. The summed E-state index contributed by atoms with van der Waals surface area (Å²) in [6.07, 6.45) is 1.98. The Balaban J connectivity index is 1.83. The Bertz CT molecular complexity index is 822. The van der Waals surface area contributed by atoms with Crippen LogP contribution in [0, 0.1) is 28.5 Å². The van der Waals surface area contributed by atoms with E-state index in [1.54, 1.807) is 24.3 Å². The highest BCUT2D eigenvalue weighted by molar-refractivity contribution is 5.52. The molecule has 0 spiro atoms. The van der Waals surface area contributed by atoms with Crippen molar-refractivity contribution in [1.82, 2.24) is 4.98 Å². The van der Waals surface area contributed by atoms with Crippen LogP contribution in [0.1, 0.15) is 23.2 Å². The van der Waals surface area contributed by atoms with Gasteiger partial charge >= 0.3 is 0 Å². The normalized spacial score (nSPS) is 20.1. The molecule has 23 heavy (non-hydrogen) atoms. The molecule has 0 saturated carbocycles. The summed E-state index contributed by atoms with van der Waals surface area (Å²) in [4.78, 5) is 5.85. The average Bonchev–Trinajstić information content (AvgIpc) is 2.98. The molecule has 1 saturated heterocycles. The average molecular weight is 308 g/mol. The Morgan fingerprint density at radius 1 is 1.22 bits per heavy atom. The SMILES string of the molecule is N#Cc1ccc([C@]2(O)CCN(c3ccc(C#N)c(F)c3)C2)cn1. The van der Waals surface area contributed by atoms with Crippen molar-refractivity contribution >= 4 is 5.69 Å². The minimum atomic E-state index is -1.09. The zero-order valence-corrected chi connectivity index (χ0v) is 12.2. The van der Waals surface area contributed by atoms with Gasteiger partial charge in [-0.15, -0.1) is 0 Å². The summed E-state index contributed by atoms with van der Waals surface area (Å²) in [7, 11) is 0. The molecule has 2 heterocycles. The molecule has 1 aliphatic rings. The number of aliphatic hydroxyl groups is 1. The summed E-state index contributed by atoms with van der Waals surface area (Å²) >= 11 is 0. The minimum absolute atomic E-state index is 0.000462. The van der Waals surface area contributed by atoms with Crippen molar-refractivity contribution < 1.29 is 9.50 Å². The third-order valence-electron chi connectivity index (χ3n) is 4.10. The van der Waals surface area contributed by atoms with Crippen LogP contribution in [0.2, 0.25) is 0 Å². The molecule has 0 unspecified atom stereocenters. The highest BCUT2D eigenvalue weighted by atomic mass is 19.1. The van der Waals surface area contributed by atoms with Crippen molar-refractivity contribution in [1.29, 1.82) is 10.5 Å². The summed E-state index contributed by atoms with van der Waals surface area (Å²) in [5.41, 5.74) is 0.457. The van der Waals surface area contributed by atoms with Crippen molar-refractivity contribution in [3.8, 4) is 12.1 Å². The van der Waals surface area contributed by atoms with Crippen molar-refractivity contribution in [3.05, 3.63) is 59.2 Å². The Morgan fingerprint density at radius 2 is 2.04 bits per heavy atom. The fraction of sp³-hybridized carbons (Fsp3) is 0.235. The van der Waals surface area contributed by atoms with Gasteiger partial charge in [-0.25, -0.2) is 9.37 Å². The van der Waals surface area contributed by atoms with Crippen LogP contribution in [0.25, 0.3) is 0 Å². The van der Waals surface area contributed by atoms with Crippen LogP contribution in [-0.2, 0) is 5.60 Å². The zero-order chi connectivity index (χ0) is 16.4. The fourth-order valence-corrected chi connectivity index (χ4v) is 2.78. The summed E-state index contributed by atoms with van der Waals surface area (Å²) in [5.74, 6) is -0.569. The maximum Gasteiger partial charge on any atom is 0.143 e. The molecule has 1 aliphatic heterocycles. The summed E-state index contributed by atoms with van der Waals surface area (Å²) in [6.45, 7) is 0.855. The van der Waals surface area contributed by atoms with Crippen molar-refractivity contribution in [2.45, 2.75) is 12.0 Å². The zero-order valence-electron chi connectivity index (χ0n) is 12.2. The number of hydrogen-bond acceptors (Lipinski definition) is 5. The van der Waals surface area contributed by atoms with Crippen LogP contribution in [0.15, 0.2) is 36.5 Å². The first-order valence-electron chi connectivity index (χ1n) is 7.09. The van der Waals surface area contributed by atoms with E-state index in [9.17, 15) is 9.50 Å². The van der Waals surface area contributed by atoms with Crippen LogP contribution in [-0.4, -0.2) is 23.2 Å². The van der Waals surface area contributed by atoms with E-state index in [2.05, 4.69) is 4.98 Å². The van der Waals surface area contributed by atoms with Gasteiger partial charge in [-0.1, -0.05) is 6.07 Å². The first-order chi connectivity index (χ1) is 11.1. The highest BCUT2D eigenvalue weighted by Gasteiger charge is 2.38. The molecule has 3 rings (SSSR count). The number of halogens is 1. The number of nitrogens with zero attached hydrogens (tertiary/aromatic N) is 4. The molecule has 1 atom stereocenters. The topological polar surface area (TPSA) is 83.9 Å². The van der Waals surface area contributed by atoms with Crippen LogP contribution < -0.4 is 4.90 Å². The second-order valence-corrected chi connectivity index (χ2v) is 5.52. The molecule has 1 aromatic heterocycles. The van der Waals surface area contributed by atoms with Crippen molar-refractivity contribution in [2.75, 3.05) is 18.0 Å². The fourth-order valence-electron chi connectivity index (χ4n) is 2.78. The molecule has 6 heteroatoms. The largest absolute Gasteiger partial charge is 0.383 e. The number of nitriles is 2. The lowest BCUT2D eigenvalue weighted by Crippen LogP contribution is -2.31. The van der Waals surface area contributed by atoms with Gasteiger partial charge in [0.1, 0.15) is 29.3 Å². The molecular weight excluding hydrogens is 295 g/mol. The standard InChI is InChI=1S/C17H13FN4O/c18-16-7-15(4-1-12(16)8-19)22-6-5-17(23,11-22)13-2-3-14(9-20)21-10-13/h1-4,7,10,23H,5-6,11H2/t17-/m0/s1. The van der Waals surface area contributed by atoms with Crippen molar-refractivity contribution in [2.24, 2.45) is 0 Å². The number of rotatable bonds is 2. The van der Waals surface area contributed by atoms with E-state index in [0.29, 0.717) is 36.5 Å². The lowest BCUT2D eigenvalue weighted by molar-refractivity contribution is 0.0603. The molecule has 2 aromatic rings. The molecule has 0 amide bonds. The predicted molar refractivity (Wildman–Crippen MR) is 80.8 cm³/mol. The van der Waals surface area contributed by atoms with Gasteiger partial charge in [0.15, 0.2) is 0 Å². The Hall–Kier alpha value is -2.96. The van der Waals surface area contributed by atoms with Crippen LogP contribution in [0.5, 0.6) is 0 Å². The van der Waals surface area contributed by atoms with Gasteiger partial charge in [0, 0.05) is 24.0 Å². The third-order valence-corrected chi connectivity index (χ3v) is 4.10. The molecule has 114 valence electrons. The van der Waals surface area contributed by atoms with Gasteiger partial charge in [-0.05, 0) is 30.7 Å². The Labute approximate surface area is 132 Å². The molecule has 1 aromatic carbocycles. The van der Waals surface area contributed by atoms with Crippen LogP contribution in [0.3, 0.4) is 0 Å². The van der Waals surface area contributed by atoms with E-state index >= 15 is 0 Å². The number of aromatic nitrogens is 1. The predicted octanol–water partition coefficient (Wildman–Crippen LogP) is 2.06. The number of β-amino-alcohol motifs (C(OH)–C–C–N with tert-alkyl or cyclic N) is 1. The summed E-state index contributed by atoms with van der Waals surface area (Å²) in [6, 6.07) is 11.4. The van der Waals surface area contributed by atoms with E-state index < -0.39 is 11.4 Å². The lowest BCUT2D eigenvalue weighted by Gasteiger charge is -2.24. The van der Waals surface area contributed by atoms with Crippen LogP contribution >= 0.6 is 0 Å². The molecule has 0 radical (unpaired) electrons. The molecule has 0 bridgehead atoms. The quantitative estimate of drug-likeness (QED) is 0.918. The van der Waals surface area contributed by atoms with Gasteiger partial charge in [0.05, 0.1) is 12.1 Å². The number of benzene rings is 1. The number of pyridine rings is 1. The van der Waals surface area contributed by atoms with Crippen LogP contribution in [0.4, 0.5) is 10.1 Å². The van der Waals surface area contributed by atoms with Gasteiger partial charge < -0.3 is 10.0 Å². The Kier molecular flexibility index (Phi) is 3.69. The first-order valence-corrected chi connectivity index (χ1v) is 7.09. The van der Waals surface area contributed by atoms with E-state index in [1.165, 1.54) is 18.3 Å². The molecule has 1 N–H and O–H groups in total.